The number of methoxy groups -OCH3 is 1. The number of rotatable bonds is 1. The quantitative estimate of drug-likeness (QED) is 0.543. The highest BCUT2D eigenvalue weighted by Crippen LogP contribution is 2.06. The van der Waals surface area contributed by atoms with Crippen LogP contribution in [0, 0.1) is 10.1 Å². The van der Waals surface area contributed by atoms with Crippen molar-refractivity contribution >= 4 is 11.8 Å². The summed E-state index contributed by atoms with van der Waals surface area (Å²) in [6, 6.07) is 7.93. The average molecular weight is 198 g/mol. The van der Waals surface area contributed by atoms with E-state index in [9.17, 15) is 14.9 Å². The van der Waals surface area contributed by atoms with Crippen LogP contribution in [-0.4, -0.2) is 18.1 Å². The first-order valence-electron chi connectivity index (χ1n) is 3.60. The van der Waals surface area contributed by atoms with Crippen LogP contribution in [0.15, 0.2) is 30.3 Å². The molecule has 0 saturated carbocycles. The van der Waals surface area contributed by atoms with Gasteiger partial charge in [-0.3, -0.25) is 10.1 Å². The normalized spacial score (nSPS) is 8.07. The van der Waals surface area contributed by atoms with Crippen molar-refractivity contribution < 1.29 is 14.5 Å². The SMILES string of the molecule is COC(N)=O.O=[N+]([O-])c1ccccc1. The van der Waals surface area contributed by atoms with E-state index in [2.05, 4.69) is 10.5 Å². The number of nitrogens with zero attached hydrogens (tertiary/aromatic N) is 1. The summed E-state index contributed by atoms with van der Waals surface area (Å²) in [5, 5.41) is 10.0. The molecule has 0 aliphatic rings. The lowest BCUT2D eigenvalue weighted by atomic mass is 10.3. The molecular weight excluding hydrogens is 188 g/mol. The lowest BCUT2D eigenvalue weighted by molar-refractivity contribution is -0.384. The summed E-state index contributed by atoms with van der Waals surface area (Å²) in [6.07, 6.45) is -0.745. The molecule has 0 radical (unpaired) electrons. The molecule has 0 aromatic heterocycles. The molecular formula is C8H10N2O4. The van der Waals surface area contributed by atoms with Crippen LogP contribution >= 0.6 is 0 Å². The third kappa shape index (κ3) is 5.53. The molecule has 0 saturated heterocycles. The van der Waals surface area contributed by atoms with Crippen LogP contribution in [0.5, 0.6) is 0 Å². The Balaban J connectivity index is 0.000000292. The summed E-state index contributed by atoms with van der Waals surface area (Å²) in [7, 11) is 1.22. The zero-order valence-corrected chi connectivity index (χ0v) is 7.54. The summed E-state index contributed by atoms with van der Waals surface area (Å²) in [5.74, 6) is 0. The molecule has 1 rings (SSSR count). The molecule has 14 heavy (non-hydrogen) atoms. The van der Waals surface area contributed by atoms with Crippen LogP contribution < -0.4 is 5.73 Å². The van der Waals surface area contributed by atoms with Gasteiger partial charge in [-0.05, 0) is 0 Å². The topological polar surface area (TPSA) is 95.5 Å². The van der Waals surface area contributed by atoms with Gasteiger partial charge in [0.05, 0.1) is 12.0 Å². The number of amides is 1. The first kappa shape index (κ1) is 11.9. The Hall–Kier alpha value is -2.11. The molecule has 6 heteroatoms. The number of carbonyl (C=O) groups excluding carboxylic acids is 1. The van der Waals surface area contributed by atoms with Gasteiger partial charge in [0.1, 0.15) is 0 Å². The van der Waals surface area contributed by atoms with Gasteiger partial charge in [0.2, 0.25) is 0 Å². The van der Waals surface area contributed by atoms with Crippen LogP contribution in [-0.2, 0) is 4.74 Å². The van der Waals surface area contributed by atoms with Crippen molar-refractivity contribution in [3.63, 3.8) is 0 Å². The minimum atomic E-state index is -0.745. The van der Waals surface area contributed by atoms with Crippen molar-refractivity contribution in [2.24, 2.45) is 5.73 Å². The summed E-state index contributed by atoms with van der Waals surface area (Å²) >= 11 is 0. The van der Waals surface area contributed by atoms with Crippen molar-refractivity contribution in [1.82, 2.24) is 0 Å². The average Bonchev–Trinajstić information content (AvgIpc) is 2.20. The lowest BCUT2D eigenvalue weighted by Gasteiger charge is -1.85. The zero-order chi connectivity index (χ0) is 11.0. The first-order chi connectivity index (χ1) is 6.57. The van der Waals surface area contributed by atoms with E-state index in [0.717, 1.165) is 0 Å². The van der Waals surface area contributed by atoms with Gasteiger partial charge in [-0.1, -0.05) is 18.2 Å². The van der Waals surface area contributed by atoms with E-state index < -0.39 is 11.0 Å². The molecule has 0 heterocycles. The Labute approximate surface area is 80.4 Å². The Bertz CT molecular complexity index is 299. The Kier molecular flexibility index (Phi) is 5.44. The number of hydrogen-bond acceptors (Lipinski definition) is 4. The maximum Gasteiger partial charge on any atom is 0.404 e. The van der Waals surface area contributed by atoms with Gasteiger partial charge in [-0.25, -0.2) is 4.79 Å². The standard InChI is InChI=1S/C6H5NO2.C2H5NO2/c8-7(9)6-4-2-1-3-5-6;1-5-2(3)4/h1-5H;1H3,(H2,3,4). The van der Waals surface area contributed by atoms with E-state index in [-0.39, 0.29) is 5.69 Å². The van der Waals surface area contributed by atoms with E-state index in [4.69, 9.17) is 0 Å². The van der Waals surface area contributed by atoms with Crippen molar-refractivity contribution in [2.45, 2.75) is 0 Å². The van der Waals surface area contributed by atoms with E-state index in [1.54, 1.807) is 18.2 Å². The molecule has 0 spiro atoms. The van der Waals surface area contributed by atoms with Crippen molar-refractivity contribution in [2.75, 3.05) is 7.11 Å². The number of para-hydroxylation sites is 1. The fourth-order valence-corrected chi connectivity index (χ4v) is 0.550. The summed E-state index contributed by atoms with van der Waals surface area (Å²) in [4.78, 5) is 19.0. The number of hydrogen-bond donors (Lipinski definition) is 1. The number of carbonyl (C=O) groups is 1. The van der Waals surface area contributed by atoms with E-state index in [0.29, 0.717) is 0 Å². The molecule has 1 aromatic rings. The number of benzene rings is 1. The molecule has 0 aliphatic heterocycles. The zero-order valence-electron chi connectivity index (χ0n) is 7.54. The first-order valence-corrected chi connectivity index (χ1v) is 3.60. The number of non-ortho nitro benzene ring substituents is 1. The van der Waals surface area contributed by atoms with Crippen LogP contribution in [0.2, 0.25) is 0 Å². The highest BCUT2D eigenvalue weighted by Gasteiger charge is 1.98. The van der Waals surface area contributed by atoms with Crippen LogP contribution in [0.3, 0.4) is 0 Å². The predicted molar refractivity (Wildman–Crippen MR) is 49.7 cm³/mol. The summed E-state index contributed by atoms with van der Waals surface area (Å²) in [6.45, 7) is 0. The van der Waals surface area contributed by atoms with Gasteiger partial charge in [-0.2, -0.15) is 0 Å². The molecule has 0 bridgehead atoms. The molecule has 2 N–H and O–H groups in total. The molecule has 0 unspecified atom stereocenters. The predicted octanol–water partition coefficient (Wildman–Crippen LogP) is 1.31. The monoisotopic (exact) mass is 198 g/mol. The summed E-state index contributed by atoms with van der Waals surface area (Å²) in [5.41, 5.74) is 4.57. The Morgan fingerprint density at radius 1 is 1.43 bits per heavy atom. The number of nitro benzene ring substituents is 1. The summed E-state index contributed by atoms with van der Waals surface area (Å²) < 4.78 is 3.89. The lowest BCUT2D eigenvalue weighted by Crippen LogP contribution is -2.08. The van der Waals surface area contributed by atoms with E-state index in [1.165, 1.54) is 19.2 Å². The number of ether oxygens (including phenoxy) is 1. The fourth-order valence-electron chi connectivity index (χ4n) is 0.550. The minimum absolute atomic E-state index is 0.137. The highest BCUT2D eigenvalue weighted by atomic mass is 16.6. The second-order valence-corrected chi connectivity index (χ2v) is 2.12. The molecule has 0 aliphatic carbocycles. The van der Waals surface area contributed by atoms with Gasteiger partial charge < -0.3 is 10.5 Å². The van der Waals surface area contributed by atoms with Gasteiger partial charge in [0.15, 0.2) is 0 Å². The molecule has 1 amide bonds. The third-order valence-corrected chi connectivity index (χ3v) is 1.17. The maximum atomic E-state index is 10.0. The second kappa shape index (κ2) is 6.41. The van der Waals surface area contributed by atoms with Gasteiger partial charge in [0, 0.05) is 12.1 Å². The second-order valence-electron chi connectivity index (χ2n) is 2.12. The smallest absolute Gasteiger partial charge is 0.404 e. The molecule has 6 nitrogen and oxygen atoms in total. The number of primary amides is 1. The van der Waals surface area contributed by atoms with Crippen molar-refractivity contribution in [3.8, 4) is 0 Å². The highest BCUT2D eigenvalue weighted by molar-refractivity contribution is 5.64. The molecule has 76 valence electrons. The third-order valence-electron chi connectivity index (χ3n) is 1.17. The van der Waals surface area contributed by atoms with Gasteiger partial charge in [-0.15, -0.1) is 0 Å². The number of nitrogens with two attached hydrogens (primary N) is 1. The Morgan fingerprint density at radius 3 is 2.07 bits per heavy atom. The van der Waals surface area contributed by atoms with E-state index in [1.807, 2.05) is 0 Å². The molecule has 0 fully saturated rings. The number of nitro groups is 1. The van der Waals surface area contributed by atoms with Crippen molar-refractivity contribution in [3.05, 3.63) is 40.4 Å². The molecule has 0 atom stereocenters. The van der Waals surface area contributed by atoms with Gasteiger partial charge in [0.25, 0.3) is 5.69 Å². The Morgan fingerprint density at radius 2 is 1.86 bits per heavy atom. The fraction of sp³-hybridized carbons (Fsp3) is 0.125. The van der Waals surface area contributed by atoms with Crippen LogP contribution in [0.25, 0.3) is 0 Å². The van der Waals surface area contributed by atoms with Crippen LogP contribution in [0.4, 0.5) is 10.5 Å². The van der Waals surface area contributed by atoms with E-state index >= 15 is 0 Å². The maximum absolute atomic E-state index is 10.0. The minimum Gasteiger partial charge on any atom is -0.453 e. The van der Waals surface area contributed by atoms with Gasteiger partial charge >= 0.3 is 6.09 Å². The van der Waals surface area contributed by atoms with Crippen LogP contribution in [0.1, 0.15) is 0 Å². The van der Waals surface area contributed by atoms with Crippen molar-refractivity contribution in [1.29, 1.82) is 0 Å². The molecule has 1 aromatic carbocycles. The largest absolute Gasteiger partial charge is 0.453 e.